The summed E-state index contributed by atoms with van der Waals surface area (Å²) in [6, 6.07) is 3.76. The highest BCUT2D eigenvalue weighted by Crippen LogP contribution is 2.19. The van der Waals surface area contributed by atoms with Crippen LogP contribution in [0.1, 0.15) is 13.3 Å². The van der Waals surface area contributed by atoms with E-state index in [1.807, 2.05) is 6.92 Å². The molecule has 0 saturated heterocycles. The lowest BCUT2D eigenvalue weighted by molar-refractivity contribution is -0.142. The number of ether oxygens (including phenoxy) is 1. The van der Waals surface area contributed by atoms with E-state index in [1.54, 1.807) is 6.08 Å². The van der Waals surface area contributed by atoms with Crippen molar-refractivity contribution in [3.05, 3.63) is 41.2 Å². The van der Waals surface area contributed by atoms with Gasteiger partial charge in [0.15, 0.2) is 6.61 Å². The molecular weight excluding hydrogens is 273 g/mol. The summed E-state index contributed by atoms with van der Waals surface area (Å²) in [4.78, 5) is 22.5. The molecule has 0 radical (unpaired) electrons. The van der Waals surface area contributed by atoms with Gasteiger partial charge in [0, 0.05) is 11.8 Å². The lowest BCUT2D eigenvalue weighted by Crippen LogP contribution is -2.20. The first kappa shape index (κ1) is 15.2. The third-order valence-electron chi connectivity index (χ3n) is 2.04. The fourth-order valence-corrected chi connectivity index (χ4v) is 1.35. The van der Waals surface area contributed by atoms with E-state index in [9.17, 15) is 14.0 Å². The molecule has 1 amide bonds. The van der Waals surface area contributed by atoms with Crippen molar-refractivity contribution < 1.29 is 18.7 Å². The first-order valence-electron chi connectivity index (χ1n) is 5.61. The molecule has 1 aromatic carbocycles. The summed E-state index contributed by atoms with van der Waals surface area (Å²) < 4.78 is 17.6. The predicted molar refractivity (Wildman–Crippen MR) is 70.4 cm³/mol. The molecule has 0 atom stereocenters. The molecule has 0 unspecified atom stereocenters. The van der Waals surface area contributed by atoms with Crippen molar-refractivity contribution in [2.75, 3.05) is 11.9 Å². The summed E-state index contributed by atoms with van der Waals surface area (Å²) in [6.07, 6.45) is 3.58. The maximum atomic E-state index is 12.9. The Hall–Kier alpha value is -1.88. The van der Waals surface area contributed by atoms with Gasteiger partial charge < -0.3 is 10.1 Å². The van der Waals surface area contributed by atoms with Gasteiger partial charge in [-0.15, -0.1) is 0 Å². The number of amides is 1. The lowest BCUT2D eigenvalue weighted by Gasteiger charge is -2.06. The number of allylic oxidation sites excluding steroid dienone is 1. The molecule has 0 saturated carbocycles. The minimum Gasteiger partial charge on any atom is -0.452 e. The van der Waals surface area contributed by atoms with E-state index < -0.39 is 24.3 Å². The number of rotatable bonds is 5. The summed E-state index contributed by atoms with van der Waals surface area (Å²) in [5.41, 5.74) is 0.330. The largest absolute Gasteiger partial charge is 0.452 e. The van der Waals surface area contributed by atoms with Crippen LogP contribution in [0.3, 0.4) is 0 Å². The van der Waals surface area contributed by atoms with Gasteiger partial charge in [-0.1, -0.05) is 24.6 Å². The average Bonchev–Trinajstić information content (AvgIpc) is 2.38. The summed E-state index contributed by atoms with van der Waals surface area (Å²) in [6.45, 7) is 1.46. The third-order valence-corrected chi connectivity index (χ3v) is 2.33. The van der Waals surface area contributed by atoms with Crippen molar-refractivity contribution >= 4 is 29.2 Å². The van der Waals surface area contributed by atoms with Gasteiger partial charge in [-0.05, 0) is 24.6 Å². The molecule has 1 N–H and O–H groups in total. The van der Waals surface area contributed by atoms with Crippen LogP contribution in [0.4, 0.5) is 10.1 Å². The number of hydrogen-bond donors (Lipinski definition) is 1. The molecule has 102 valence electrons. The topological polar surface area (TPSA) is 55.4 Å². The fraction of sp³-hybridized carbons (Fsp3) is 0.231. The molecule has 1 aromatic rings. The third kappa shape index (κ3) is 5.52. The second-order valence-electron chi connectivity index (χ2n) is 3.60. The van der Waals surface area contributed by atoms with E-state index in [2.05, 4.69) is 10.1 Å². The van der Waals surface area contributed by atoms with Crippen LogP contribution < -0.4 is 5.32 Å². The van der Waals surface area contributed by atoms with E-state index in [0.717, 1.165) is 6.07 Å². The van der Waals surface area contributed by atoms with Gasteiger partial charge in [0.2, 0.25) is 0 Å². The second-order valence-corrected chi connectivity index (χ2v) is 4.00. The van der Waals surface area contributed by atoms with E-state index >= 15 is 0 Å². The van der Waals surface area contributed by atoms with Crippen molar-refractivity contribution in [3.63, 3.8) is 0 Å². The smallest absolute Gasteiger partial charge is 0.330 e. The Kier molecular flexibility index (Phi) is 6.02. The standard InChI is InChI=1S/C13H13ClFNO3/c1-2-3-4-13(18)19-8-12(17)16-9-5-6-11(15)10(14)7-9/h3-7H,2,8H2,1H3,(H,16,17)/b4-3+. The highest BCUT2D eigenvalue weighted by atomic mass is 35.5. The molecule has 0 aliphatic carbocycles. The van der Waals surface area contributed by atoms with E-state index in [-0.39, 0.29) is 5.02 Å². The quantitative estimate of drug-likeness (QED) is 0.668. The Balaban J connectivity index is 2.45. The normalized spacial score (nSPS) is 10.5. The van der Waals surface area contributed by atoms with Crippen LogP contribution in [-0.4, -0.2) is 18.5 Å². The molecule has 0 heterocycles. The summed E-state index contributed by atoms with van der Waals surface area (Å²) in [7, 11) is 0. The number of halogens is 2. The number of nitrogens with one attached hydrogen (secondary N) is 1. The molecule has 0 aliphatic rings. The zero-order valence-electron chi connectivity index (χ0n) is 10.3. The van der Waals surface area contributed by atoms with Crippen LogP contribution >= 0.6 is 11.6 Å². The molecule has 0 aromatic heterocycles. The van der Waals surface area contributed by atoms with Crippen LogP contribution in [0.2, 0.25) is 5.02 Å². The molecule has 0 fully saturated rings. The minimum absolute atomic E-state index is 0.0966. The number of anilines is 1. The summed E-state index contributed by atoms with van der Waals surface area (Å²) in [5.74, 6) is -1.69. The van der Waals surface area contributed by atoms with Crippen molar-refractivity contribution in [2.45, 2.75) is 13.3 Å². The van der Waals surface area contributed by atoms with Gasteiger partial charge in [0.1, 0.15) is 5.82 Å². The zero-order valence-corrected chi connectivity index (χ0v) is 11.0. The highest BCUT2D eigenvalue weighted by Gasteiger charge is 2.07. The molecule has 0 spiro atoms. The minimum atomic E-state index is -0.589. The van der Waals surface area contributed by atoms with Crippen LogP contribution in [-0.2, 0) is 14.3 Å². The van der Waals surface area contributed by atoms with Crippen molar-refractivity contribution in [3.8, 4) is 0 Å². The van der Waals surface area contributed by atoms with Gasteiger partial charge >= 0.3 is 5.97 Å². The number of benzene rings is 1. The highest BCUT2D eigenvalue weighted by molar-refractivity contribution is 6.31. The first-order chi connectivity index (χ1) is 9.02. The van der Waals surface area contributed by atoms with Crippen LogP contribution in [0.25, 0.3) is 0 Å². The molecule has 19 heavy (non-hydrogen) atoms. The van der Waals surface area contributed by atoms with E-state index in [4.69, 9.17) is 11.6 Å². The van der Waals surface area contributed by atoms with Gasteiger partial charge in [-0.2, -0.15) is 0 Å². The molecule has 6 heteroatoms. The molecule has 1 rings (SSSR count). The van der Waals surface area contributed by atoms with Crippen LogP contribution in [0.15, 0.2) is 30.4 Å². The van der Waals surface area contributed by atoms with Gasteiger partial charge in [-0.3, -0.25) is 4.79 Å². The Bertz CT molecular complexity index is 503. The lowest BCUT2D eigenvalue weighted by atomic mass is 10.3. The van der Waals surface area contributed by atoms with Gasteiger partial charge in [-0.25, -0.2) is 9.18 Å². The number of carbonyl (C=O) groups is 2. The Morgan fingerprint density at radius 2 is 2.21 bits per heavy atom. The zero-order chi connectivity index (χ0) is 14.3. The maximum Gasteiger partial charge on any atom is 0.330 e. The summed E-state index contributed by atoms with van der Waals surface area (Å²) in [5, 5.41) is 2.33. The molecule has 4 nitrogen and oxygen atoms in total. The molecule has 0 aliphatic heterocycles. The fourth-order valence-electron chi connectivity index (χ4n) is 1.17. The Morgan fingerprint density at radius 3 is 2.84 bits per heavy atom. The van der Waals surface area contributed by atoms with Crippen LogP contribution in [0.5, 0.6) is 0 Å². The molecular formula is C13H13ClFNO3. The Morgan fingerprint density at radius 1 is 1.47 bits per heavy atom. The van der Waals surface area contributed by atoms with E-state index in [1.165, 1.54) is 18.2 Å². The first-order valence-corrected chi connectivity index (χ1v) is 5.99. The van der Waals surface area contributed by atoms with Crippen LogP contribution in [0, 0.1) is 5.82 Å². The van der Waals surface area contributed by atoms with Gasteiger partial charge in [0.25, 0.3) is 5.91 Å². The number of hydrogen-bond acceptors (Lipinski definition) is 3. The number of esters is 1. The Labute approximate surface area is 115 Å². The van der Waals surface area contributed by atoms with Gasteiger partial charge in [0.05, 0.1) is 5.02 Å². The van der Waals surface area contributed by atoms with Crippen molar-refractivity contribution in [2.24, 2.45) is 0 Å². The number of carbonyl (C=O) groups excluding carboxylic acids is 2. The maximum absolute atomic E-state index is 12.9. The van der Waals surface area contributed by atoms with Crippen molar-refractivity contribution in [1.29, 1.82) is 0 Å². The molecule has 0 bridgehead atoms. The SMILES string of the molecule is CC/C=C/C(=O)OCC(=O)Nc1ccc(F)c(Cl)c1. The van der Waals surface area contributed by atoms with E-state index in [0.29, 0.717) is 12.1 Å². The predicted octanol–water partition coefficient (Wildman–Crippen LogP) is 2.93. The second kappa shape index (κ2) is 7.53. The monoisotopic (exact) mass is 285 g/mol. The van der Waals surface area contributed by atoms with Crippen molar-refractivity contribution in [1.82, 2.24) is 0 Å². The average molecular weight is 286 g/mol. The summed E-state index contributed by atoms with van der Waals surface area (Å²) >= 11 is 5.56.